The lowest BCUT2D eigenvalue weighted by molar-refractivity contribution is 0.971. The molecule has 64 valence electrons. The van der Waals surface area contributed by atoms with Crippen molar-refractivity contribution in [3.63, 3.8) is 0 Å². The van der Waals surface area contributed by atoms with E-state index < -0.39 is 0 Å². The number of nitrogens with zero attached hydrogens (tertiary/aromatic N) is 3. The maximum atomic E-state index is 4.11. The van der Waals surface area contributed by atoms with E-state index in [-0.39, 0.29) is 0 Å². The molecule has 1 heterocycles. The first kappa shape index (κ1) is 9.15. The van der Waals surface area contributed by atoms with Crippen LogP contribution in [0.15, 0.2) is 22.4 Å². The van der Waals surface area contributed by atoms with Gasteiger partial charge in [0.25, 0.3) is 0 Å². The highest BCUT2D eigenvalue weighted by molar-refractivity contribution is 7.99. The zero-order valence-corrected chi connectivity index (χ0v) is 7.64. The Labute approximate surface area is 75.5 Å². The number of aliphatic imine (C=N–C) groups is 1. The Kier molecular flexibility index (Phi) is 3.69. The Balaban J connectivity index is 2.75. The molecule has 4 nitrogen and oxygen atoms in total. The predicted octanol–water partition coefficient (Wildman–Crippen LogP) is 1.08. The summed E-state index contributed by atoms with van der Waals surface area (Å²) >= 11 is 1.55. The summed E-state index contributed by atoms with van der Waals surface area (Å²) in [5.74, 6) is 1.39. The largest absolute Gasteiger partial charge is 0.311 e. The fourth-order valence-corrected chi connectivity index (χ4v) is 1.33. The molecule has 1 rings (SSSR count). The van der Waals surface area contributed by atoms with Gasteiger partial charge in [-0.15, -0.1) is 0 Å². The SMILES string of the molecule is C=Nc1nccnc1SCNC. The summed E-state index contributed by atoms with van der Waals surface area (Å²) in [7, 11) is 1.88. The van der Waals surface area contributed by atoms with Crippen LogP contribution in [0.25, 0.3) is 0 Å². The van der Waals surface area contributed by atoms with Crippen molar-refractivity contribution in [1.29, 1.82) is 0 Å². The van der Waals surface area contributed by atoms with Gasteiger partial charge in [0.15, 0.2) is 5.82 Å². The van der Waals surface area contributed by atoms with Crippen molar-refractivity contribution in [3.8, 4) is 0 Å². The lowest BCUT2D eigenvalue weighted by Gasteiger charge is -2.00. The van der Waals surface area contributed by atoms with E-state index in [0.717, 1.165) is 10.9 Å². The Hall–Kier alpha value is -0.940. The fraction of sp³-hybridized carbons (Fsp3) is 0.286. The van der Waals surface area contributed by atoms with Gasteiger partial charge in [-0.25, -0.2) is 15.0 Å². The minimum Gasteiger partial charge on any atom is -0.311 e. The molecule has 1 aromatic rings. The molecule has 0 spiro atoms. The molecule has 0 saturated heterocycles. The number of hydrogen-bond acceptors (Lipinski definition) is 5. The van der Waals surface area contributed by atoms with Gasteiger partial charge < -0.3 is 5.32 Å². The Morgan fingerprint density at radius 1 is 1.58 bits per heavy atom. The van der Waals surface area contributed by atoms with Crippen LogP contribution in [0.5, 0.6) is 0 Å². The molecule has 0 saturated carbocycles. The van der Waals surface area contributed by atoms with Gasteiger partial charge in [-0.2, -0.15) is 0 Å². The number of thioether (sulfide) groups is 1. The minimum absolute atomic E-state index is 0.595. The first-order chi connectivity index (χ1) is 5.88. The molecular weight excluding hydrogens is 172 g/mol. The Morgan fingerprint density at radius 3 is 3.00 bits per heavy atom. The third kappa shape index (κ3) is 2.28. The first-order valence-corrected chi connectivity index (χ1v) is 4.42. The van der Waals surface area contributed by atoms with Crippen LogP contribution in [-0.2, 0) is 0 Å². The monoisotopic (exact) mass is 182 g/mol. The molecule has 0 aliphatic heterocycles. The van der Waals surface area contributed by atoms with E-state index in [9.17, 15) is 0 Å². The second kappa shape index (κ2) is 4.84. The summed E-state index contributed by atoms with van der Waals surface area (Å²) in [6, 6.07) is 0. The van der Waals surface area contributed by atoms with Gasteiger partial charge in [0, 0.05) is 18.3 Å². The van der Waals surface area contributed by atoms with Crippen LogP contribution in [0.2, 0.25) is 0 Å². The molecule has 12 heavy (non-hydrogen) atoms. The fourth-order valence-electron chi connectivity index (χ4n) is 0.669. The molecule has 0 atom stereocenters. The average molecular weight is 182 g/mol. The van der Waals surface area contributed by atoms with Crippen LogP contribution in [0.3, 0.4) is 0 Å². The van der Waals surface area contributed by atoms with Gasteiger partial charge in [-0.1, -0.05) is 11.8 Å². The van der Waals surface area contributed by atoms with E-state index in [1.54, 1.807) is 24.2 Å². The highest BCUT2D eigenvalue weighted by Crippen LogP contribution is 2.22. The third-order valence-corrected chi connectivity index (χ3v) is 2.14. The molecule has 1 N–H and O–H groups in total. The summed E-state index contributed by atoms with van der Waals surface area (Å²) in [4.78, 5) is 11.9. The quantitative estimate of drug-likeness (QED) is 0.430. The normalized spacial score (nSPS) is 9.75. The second-order valence-electron chi connectivity index (χ2n) is 1.99. The van der Waals surface area contributed by atoms with E-state index in [1.165, 1.54) is 0 Å². The van der Waals surface area contributed by atoms with Crippen molar-refractivity contribution in [3.05, 3.63) is 12.4 Å². The smallest absolute Gasteiger partial charge is 0.184 e. The number of rotatable bonds is 4. The second-order valence-corrected chi connectivity index (χ2v) is 2.95. The summed E-state index contributed by atoms with van der Waals surface area (Å²) in [5, 5.41) is 3.81. The zero-order chi connectivity index (χ0) is 8.81. The summed E-state index contributed by atoms with van der Waals surface area (Å²) < 4.78 is 0. The van der Waals surface area contributed by atoms with Crippen LogP contribution in [0, 0.1) is 0 Å². The van der Waals surface area contributed by atoms with Crippen LogP contribution in [0.4, 0.5) is 5.82 Å². The van der Waals surface area contributed by atoms with E-state index in [4.69, 9.17) is 0 Å². The lowest BCUT2D eigenvalue weighted by Crippen LogP contribution is -2.03. The summed E-state index contributed by atoms with van der Waals surface area (Å²) in [5.41, 5.74) is 0. The van der Waals surface area contributed by atoms with E-state index >= 15 is 0 Å². The van der Waals surface area contributed by atoms with Crippen molar-refractivity contribution < 1.29 is 0 Å². The van der Waals surface area contributed by atoms with Crippen LogP contribution >= 0.6 is 11.8 Å². The Bertz CT molecular complexity index is 263. The molecule has 0 aromatic carbocycles. The topological polar surface area (TPSA) is 50.2 Å². The summed E-state index contributed by atoms with van der Waals surface area (Å²) in [6.07, 6.45) is 3.25. The Morgan fingerprint density at radius 2 is 2.33 bits per heavy atom. The molecular formula is C7H10N4S. The lowest BCUT2D eigenvalue weighted by atomic mass is 10.7. The highest BCUT2D eigenvalue weighted by Gasteiger charge is 2.01. The average Bonchev–Trinajstić information content (AvgIpc) is 2.15. The standard InChI is InChI=1S/C7H10N4S/c1-8-5-12-7-6(9-2)10-3-4-11-7/h3-4,8H,2,5H2,1H3. The molecule has 0 unspecified atom stereocenters. The molecule has 5 heteroatoms. The maximum absolute atomic E-state index is 4.11. The first-order valence-electron chi connectivity index (χ1n) is 3.43. The molecule has 1 aromatic heterocycles. The molecule has 0 bridgehead atoms. The number of aromatic nitrogens is 2. The van der Waals surface area contributed by atoms with Crippen LogP contribution < -0.4 is 5.32 Å². The molecule has 0 aliphatic rings. The van der Waals surface area contributed by atoms with Crippen LogP contribution in [0.1, 0.15) is 0 Å². The van der Waals surface area contributed by atoms with E-state index in [1.807, 2.05) is 7.05 Å². The van der Waals surface area contributed by atoms with Gasteiger partial charge in [-0.05, 0) is 13.8 Å². The van der Waals surface area contributed by atoms with Gasteiger partial charge in [0.05, 0.1) is 0 Å². The van der Waals surface area contributed by atoms with E-state index in [2.05, 4.69) is 27.0 Å². The zero-order valence-electron chi connectivity index (χ0n) is 6.82. The van der Waals surface area contributed by atoms with Gasteiger partial charge in [0.1, 0.15) is 5.03 Å². The van der Waals surface area contributed by atoms with Gasteiger partial charge in [-0.3, -0.25) is 0 Å². The predicted molar refractivity (Wildman–Crippen MR) is 51.0 cm³/mol. The third-order valence-electron chi connectivity index (χ3n) is 1.15. The molecule has 0 fully saturated rings. The van der Waals surface area contributed by atoms with Crippen LogP contribution in [-0.4, -0.2) is 29.6 Å². The molecule has 0 amide bonds. The highest BCUT2D eigenvalue weighted by atomic mass is 32.2. The number of nitrogens with one attached hydrogen (secondary N) is 1. The van der Waals surface area contributed by atoms with Crippen molar-refractivity contribution in [2.75, 3.05) is 12.9 Å². The van der Waals surface area contributed by atoms with Crippen molar-refractivity contribution in [1.82, 2.24) is 15.3 Å². The maximum Gasteiger partial charge on any atom is 0.184 e. The molecule has 0 radical (unpaired) electrons. The number of hydrogen-bond donors (Lipinski definition) is 1. The van der Waals surface area contributed by atoms with Crippen molar-refractivity contribution in [2.24, 2.45) is 4.99 Å². The van der Waals surface area contributed by atoms with E-state index in [0.29, 0.717) is 5.82 Å². The van der Waals surface area contributed by atoms with Crippen molar-refractivity contribution >= 4 is 24.3 Å². The molecule has 0 aliphatic carbocycles. The van der Waals surface area contributed by atoms with Crippen molar-refractivity contribution in [2.45, 2.75) is 5.03 Å². The van der Waals surface area contributed by atoms with Gasteiger partial charge in [0.2, 0.25) is 0 Å². The van der Waals surface area contributed by atoms with Gasteiger partial charge >= 0.3 is 0 Å². The minimum atomic E-state index is 0.595. The summed E-state index contributed by atoms with van der Waals surface area (Å²) in [6.45, 7) is 3.41.